The normalized spacial score (nSPS) is 23.0. The minimum Gasteiger partial charge on any atom is -0.497 e. The SMILES string of the molecule is COc1cc2c3c(c1)C1(C(=O)N3C(C)(C)C=C2C)C(C#N)=C(N)Oc2nc(N)sc21. The standard InChI is InChI=1S/C21H19N5O3S/c1-9-7-20(2,3)26-14-11(9)5-10(28-4)6-12(14)21(18(26)27)13(8-22)16(23)29-17-15(21)30-19(24)25-17/h5-7H,23H2,1-4H3,(H2,24,25). The van der Waals surface area contributed by atoms with Gasteiger partial charge < -0.3 is 25.8 Å². The van der Waals surface area contributed by atoms with Crippen LogP contribution in [0.15, 0.2) is 29.7 Å². The summed E-state index contributed by atoms with van der Waals surface area (Å²) in [5, 5.41) is 10.3. The van der Waals surface area contributed by atoms with Gasteiger partial charge in [-0.1, -0.05) is 17.4 Å². The van der Waals surface area contributed by atoms with Gasteiger partial charge in [-0.3, -0.25) is 4.79 Å². The van der Waals surface area contributed by atoms with Gasteiger partial charge in [0.15, 0.2) is 10.5 Å². The molecule has 3 aliphatic rings. The van der Waals surface area contributed by atoms with Crippen molar-refractivity contribution in [3.63, 3.8) is 0 Å². The van der Waals surface area contributed by atoms with E-state index in [-0.39, 0.29) is 28.4 Å². The van der Waals surface area contributed by atoms with Gasteiger partial charge in [-0.15, -0.1) is 0 Å². The van der Waals surface area contributed by atoms with Crippen LogP contribution in [0.3, 0.4) is 0 Å². The molecule has 0 radical (unpaired) electrons. The topological polar surface area (TPSA) is 127 Å². The minimum absolute atomic E-state index is 0.0296. The second kappa shape index (κ2) is 5.55. The van der Waals surface area contributed by atoms with Crippen LogP contribution in [0.5, 0.6) is 11.6 Å². The zero-order chi connectivity index (χ0) is 21.6. The number of ether oxygens (including phenoxy) is 2. The van der Waals surface area contributed by atoms with E-state index in [9.17, 15) is 10.1 Å². The van der Waals surface area contributed by atoms with E-state index < -0.39 is 11.0 Å². The molecule has 1 aromatic heterocycles. The molecule has 1 aromatic carbocycles. The number of benzene rings is 1. The number of nitrogen functional groups attached to an aromatic ring is 1. The lowest BCUT2D eigenvalue weighted by atomic mass is 9.72. The Balaban J connectivity index is 1.99. The molecule has 4 N–H and O–H groups in total. The van der Waals surface area contributed by atoms with Crippen LogP contribution in [0.1, 0.15) is 36.8 Å². The highest BCUT2D eigenvalue weighted by Gasteiger charge is 2.64. The number of methoxy groups -OCH3 is 1. The molecule has 5 rings (SSSR count). The number of rotatable bonds is 1. The predicted molar refractivity (Wildman–Crippen MR) is 113 cm³/mol. The van der Waals surface area contributed by atoms with E-state index in [0.29, 0.717) is 16.2 Å². The number of allylic oxidation sites excluding steroid dienone is 1. The first kappa shape index (κ1) is 18.5. The summed E-state index contributed by atoms with van der Waals surface area (Å²) in [6.07, 6.45) is 2.04. The number of carbonyl (C=O) groups excluding carboxylic acids is 1. The molecule has 152 valence electrons. The van der Waals surface area contributed by atoms with Crippen molar-refractivity contribution in [1.82, 2.24) is 4.98 Å². The Kier molecular flexibility index (Phi) is 3.42. The maximum Gasteiger partial charge on any atom is 0.249 e. The van der Waals surface area contributed by atoms with Crippen LogP contribution < -0.4 is 25.8 Å². The maximum atomic E-state index is 14.3. The number of nitrogens with zero attached hydrogens (tertiary/aromatic N) is 3. The lowest BCUT2D eigenvalue weighted by molar-refractivity contribution is -0.121. The third kappa shape index (κ3) is 1.94. The van der Waals surface area contributed by atoms with E-state index in [2.05, 4.69) is 11.1 Å². The molecule has 8 nitrogen and oxygen atoms in total. The number of nitrogens with two attached hydrogens (primary N) is 2. The number of anilines is 2. The fourth-order valence-corrected chi connectivity index (χ4v) is 5.81. The first-order chi connectivity index (χ1) is 14.2. The first-order valence-corrected chi connectivity index (χ1v) is 10.1. The summed E-state index contributed by atoms with van der Waals surface area (Å²) in [4.78, 5) is 20.7. The van der Waals surface area contributed by atoms with E-state index >= 15 is 0 Å². The number of carbonyl (C=O) groups is 1. The number of amides is 1. The number of nitriles is 1. The van der Waals surface area contributed by atoms with Crippen molar-refractivity contribution in [3.8, 4) is 17.7 Å². The van der Waals surface area contributed by atoms with Gasteiger partial charge in [0.2, 0.25) is 17.7 Å². The molecule has 3 aliphatic heterocycles. The smallest absolute Gasteiger partial charge is 0.249 e. The van der Waals surface area contributed by atoms with E-state index in [0.717, 1.165) is 28.2 Å². The van der Waals surface area contributed by atoms with Crippen LogP contribution in [0.2, 0.25) is 0 Å². The van der Waals surface area contributed by atoms with Gasteiger partial charge in [-0.05, 0) is 38.5 Å². The van der Waals surface area contributed by atoms with Crippen molar-refractivity contribution in [2.45, 2.75) is 31.7 Å². The molecular weight excluding hydrogens is 402 g/mol. The van der Waals surface area contributed by atoms with Crippen molar-refractivity contribution in [2.24, 2.45) is 5.73 Å². The zero-order valence-corrected chi connectivity index (χ0v) is 17.7. The first-order valence-electron chi connectivity index (χ1n) is 9.28. The van der Waals surface area contributed by atoms with Gasteiger partial charge in [0.25, 0.3) is 0 Å². The van der Waals surface area contributed by atoms with Crippen LogP contribution in [0.4, 0.5) is 10.8 Å². The van der Waals surface area contributed by atoms with Crippen LogP contribution >= 0.6 is 11.3 Å². The van der Waals surface area contributed by atoms with Crippen LogP contribution in [-0.4, -0.2) is 23.5 Å². The lowest BCUT2D eigenvalue weighted by Crippen LogP contribution is -2.52. The molecule has 1 spiro atoms. The highest BCUT2D eigenvalue weighted by molar-refractivity contribution is 7.16. The van der Waals surface area contributed by atoms with Gasteiger partial charge in [-0.2, -0.15) is 10.2 Å². The zero-order valence-electron chi connectivity index (χ0n) is 16.9. The molecule has 0 saturated heterocycles. The number of fused-ring (bicyclic) bond motifs is 3. The van der Waals surface area contributed by atoms with E-state index in [1.807, 2.05) is 32.9 Å². The summed E-state index contributed by atoms with van der Waals surface area (Å²) in [6, 6.07) is 5.83. The van der Waals surface area contributed by atoms with Gasteiger partial charge in [0, 0.05) is 11.1 Å². The molecule has 9 heteroatoms. The molecule has 1 unspecified atom stereocenters. The van der Waals surface area contributed by atoms with E-state index in [1.54, 1.807) is 18.1 Å². The molecule has 2 aromatic rings. The van der Waals surface area contributed by atoms with Gasteiger partial charge in [0.05, 0.1) is 23.2 Å². The Bertz CT molecular complexity index is 1270. The van der Waals surface area contributed by atoms with Gasteiger partial charge >= 0.3 is 0 Å². The summed E-state index contributed by atoms with van der Waals surface area (Å²) in [5.41, 5.74) is 13.3. The largest absolute Gasteiger partial charge is 0.497 e. The molecular formula is C21H19N5O3S. The number of aromatic nitrogens is 1. The Morgan fingerprint density at radius 2 is 2.07 bits per heavy atom. The Morgan fingerprint density at radius 3 is 2.73 bits per heavy atom. The number of hydrogen-bond donors (Lipinski definition) is 2. The molecule has 0 saturated carbocycles. The monoisotopic (exact) mass is 421 g/mol. The predicted octanol–water partition coefficient (Wildman–Crippen LogP) is 2.65. The third-order valence-electron chi connectivity index (χ3n) is 5.93. The minimum atomic E-state index is -1.49. The highest BCUT2D eigenvalue weighted by Crippen LogP contribution is 2.61. The van der Waals surface area contributed by atoms with Crippen LogP contribution in [0.25, 0.3) is 5.57 Å². The Labute approximate surface area is 177 Å². The maximum absolute atomic E-state index is 14.3. The molecule has 1 atom stereocenters. The molecule has 0 fully saturated rings. The molecule has 0 aliphatic carbocycles. The molecule has 4 heterocycles. The van der Waals surface area contributed by atoms with Crippen LogP contribution in [-0.2, 0) is 10.2 Å². The highest BCUT2D eigenvalue weighted by atomic mass is 32.1. The van der Waals surface area contributed by atoms with Crippen molar-refractivity contribution in [1.29, 1.82) is 5.26 Å². The van der Waals surface area contributed by atoms with Crippen molar-refractivity contribution in [3.05, 3.63) is 45.7 Å². The van der Waals surface area contributed by atoms with Gasteiger partial charge in [-0.25, -0.2) is 0 Å². The lowest BCUT2D eigenvalue weighted by Gasteiger charge is -2.40. The third-order valence-corrected chi connectivity index (χ3v) is 6.92. The quantitative estimate of drug-likeness (QED) is 0.724. The van der Waals surface area contributed by atoms with Crippen molar-refractivity contribution < 1.29 is 14.3 Å². The summed E-state index contributed by atoms with van der Waals surface area (Å²) in [6.45, 7) is 5.93. The second-order valence-electron chi connectivity index (χ2n) is 8.08. The Morgan fingerprint density at radius 1 is 1.33 bits per heavy atom. The van der Waals surface area contributed by atoms with Crippen molar-refractivity contribution in [2.75, 3.05) is 17.7 Å². The second-order valence-corrected chi connectivity index (χ2v) is 9.11. The van der Waals surface area contributed by atoms with E-state index in [4.69, 9.17) is 20.9 Å². The Hall–Kier alpha value is -3.51. The average Bonchev–Trinajstić information content (AvgIpc) is 3.16. The molecule has 1 amide bonds. The van der Waals surface area contributed by atoms with Crippen molar-refractivity contribution >= 4 is 33.6 Å². The fourth-order valence-electron chi connectivity index (χ4n) is 4.84. The summed E-state index contributed by atoms with van der Waals surface area (Å²) >= 11 is 1.12. The number of hydrogen-bond acceptors (Lipinski definition) is 8. The van der Waals surface area contributed by atoms with Crippen LogP contribution in [0, 0.1) is 11.3 Å². The van der Waals surface area contributed by atoms with Gasteiger partial charge in [0.1, 0.15) is 17.4 Å². The summed E-state index contributed by atoms with van der Waals surface area (Å²) in [7, 11) is 1.57. The molecule has 30 heavy (non-hydrogen) atoms. The average molecular weight is 421 g/mol. The number of thiazole rings is 1. The molecule has 0 bridgehead atoms. The van der Waals surface area contributed by atoms with E-state index in [1.165, 1.54) is 0 Å². The summed E-state index contributed by atoms with van der Waals surface area (Å²) in [5.74, 6) is 0.295. The summed E-state index contributed by atoms with van der Waals surface area (Å²) < 4.78 is 11.1. The fraction of sp³-hybridized carbons (Fsp3) is 0.286.